The van der Waals surface area contributed by atoms with Gasteiger partial charge >= 0.3 is 0 Å². The molecule has 1 rings (SSSR count). The van der Waals surface area contributed by atoms with E-state index in [9.17, 15) is 0 Å². The van der Waals surface area contributed by atoms with Crippen LogP contribution in [0.1, 0.15) is 18.1 Å². The Morgan fingerprint density at radius 3 is 2.62 bits per heavy atom. The number of hydrogen-bond acceptors (Lipinski definition) is 3. The van der Waals surface area contributed by atoms with Gasteiger partial charge in [-0.2, -0.15) is 0 Å². The minimum Gasteiger partial charge on any atom is -0.496 e. The van der Waals surface area contributed by atoms with Crippen LogP contribution in [0.15, 0.2) is 18.2 Å². The summed E-state index contributed by atoms with van der Waals surface area (Å²) in [5.41, 5.74) is 8.07. The number of methoxy groups -OCH3 is 1. The third-order valence-electron chi connectivity index (χ3n) is 2.76. The van der Waals surface area contributed by atoms with Crippen molar-refractivity contribution in [2.45, 2.75) is 20.4 Å². The molecular weight excluding hydrogens is 200 g/mol. The van der Waals surface area contributed by atoms with Gasteiger partial charge in [0.05, 0.1) is 7.11 Å². The lowest BCUT2D eigenvalue weighted by molar-refractivity contribution is 0.288. The smallest absolute Gasteiger partial charge is 0.121 e. The Kier molecular flexibility index (Phi) is 5.29. The number of ether oxygens (including phenoxy) is 1. The number of likely N-dealkylation sites (N-methyl/N-ethyl adjacent to an activating group) is 1. The molecule has 0 radical (unpaired) electrons. The normalized spacial score (nSPS) is 10.8. The first-order valence-corrected chi connectivity index (χ1v) is 5.77. The van der Waals surface area contributed by atoms with Crippen molar-refractivity contribution >= 4 is 0 Å². The Morgan fingerprint density at radius 2 is 2.12 bits per heavy atom. The second-order valence-electron chi connectivity index (χ2n) is 3.96. The Hall–Kier alpha value is -1.06. The Morgan fingerprint density at radius 1 is 1.38 bits per heavy atom. The first kappa shape index (κ1) is 13.0. The van der Waals surface area contributed by atoms with Crippen molar-refractivity contribution < 1.29 is 4.74 Å². The molecule has 1 aromatic carbocycles. The number of rotatable bonds is 6. The largest absolute Gasteiger partial charge is 0.496 e. The zero-order valence-corrected chi connectivity index (χ0v) is 10.5. The number of hydrogen-bond donors (Lipinski definition) is 1. The molecule has 2 N–H and O–H groups in total. The van der Waals surface area contributed by atoms with Crippen molar-refractivity contribution in [1.82, 2.24) is 4.90 Å². The highest BCUT2D eigenvalue weighted by atomic mass is 16.5. The maximum Gasteiger partial charge on any atom is 0.121 e. The monoisotopic (exact) mass is 222 g/mol. The second kappa shape index (κ2) is 6.51. The van der Waals surface area contributed by atoms with E-state index in [2.05, 4.69) is 30.9 Å². The van der Waals surface area contributed by atoms with Gasteiger partial charge in [0, 0.05) is 19.6 Å². The summed E-state index contributed by atoms with van der Waals surface area (Å²) < 4.78 is 5.25. The van der Waals surface area contributed by atoms with Crippen LogP contribution in [-0.2, 0) is 6.54 Å². The first-order chi connectivity index (χ1) is 7.71. The van der Waals surface area contributed by atoms with E-state index in [1.165, 1.54) is 11.1 Å². The molecule has 0 heterocycles. The van der Waals surface area contributed by atoms with Crippen molar-refractivity contribution in [2.24, 2.45) is 5.73 Å². The number of nitrogens with two attached hydrogens (primary N) is 1. The van der Waals surface area contributed by atoms with Crippen molar-refractivity contribution in [3.8, 4) is 5.75 Å². The molecule has 0 aliphatic heterocycles. The number of nitrogens with zero attached hydrogens (tertiary/aromatic N) is 1. The van der Waals surface area contributed by atoms with Crippen LogP contribution in [0.3, 0.4) is 0 Å². The highest BCUT2D eigenvalue weighted by Gasteiger charge is 2.04. The van der Waals surface area contributed by atoms with Gasteiger partial charge in [0.1, 0.15) is 5.75 Å². The minimum absolute atomic E-state index is 0.711. The zero-order valence-electron chi connectivity index (χ0n) is 10.5. The Labute approximate surface area is 98.2 Å². The maximum atomic E-state index is 5.57. The molecule has 0 atom stereocenters. The Balaban J connectivity index is 2.69. The van der Waals surface area contributed by atoms with Crippen LogP contribution in [0.25, 0.3) is 0 Å². The molecule has 0 unspecified atom stereocenters. The standard InChI is InChI=1S/C13H22N2O/c1-4-15(8-7-14)10-12-5-6-13(16-3)11(2)9-12/h5-6,9H,4,7-8,10,14H2,1-3H3. The molecule has 0 bridgehead atoms. The van der Waals surface area contributed by atoms with E-state index in [1.807, 2.05) is 6.07 Å². The zero-order chi connectivity index (χ0) is 12.0. The first-order valence-electron chi connectivity index (χ1n) is 5.77. The Bertz CT molecular complexity index is 326. The molecule has 0 saturated heterocycles. The third-order valence-corrected chi connectivity index (χ3v) is 2.76. The second-order valence-corrected chi connectivity index (χ2v) is 3.96. The van der Waals surface area contributed by atoms with Gasteiger partial charge in [-0.3, -0.25) is 4.90 Å². The van der Waals surface area contributed by atoms with E-state index >= 15 is 0 Å². The number of benzene rings is 1. The fourth-order valence-electron chi connectivity index (χ4n) is 1.83. The fourth-order valence-corrected chi connectivity index (χ4v) is 1.83. The predicted molar refractivity (Wildman–Crippen MR) is 67.7 cm³/mol. The molecule has 0 spiro atoms. The van der Waals surface area contributed by atoms with Gasteiger partial charge in [0.25, 0.3) is 0 Å². The molecule has 0 amide bonds. The summed E-state index contributed by atoms with van der Waals surface area (Å²) in [6.45, 7) is 7.87. The van der Waals surface area contributed by atoms with Gasteiger partial charge in [-0.25, -0.2) is 0 Å². The van der Waals surface area contributed by atoms with Gasteiger partial charge in [-0.15, -0.1) is 0 Å². The van der Waals surface area contributed by atoms with Crippen molar-refractivity contribution in [2.75, 3.05) is 26.7 Å². The lowest BCUT2D eigenvalue weighted by Gasteiger charge is -2.20. The lowest BCUT2D eigenvalue weighted by atomic mass is 10.1. The summed E-state index contributed by atoms with van der Waals surface area (Å²) in [6, 6.07) is 6.32. The van der Waals surface area contributed by atoms with Crippen LogP contribution >= 0.6 is 0 Å². The topological polar surface area (TPSA) is 38.5 Å². The average molecular weight is 222 g/mol. The van der Waals surface area contributed by atoms with E-state index < -0.39 is 0 Å². The fraction of sp³-hybridized carbons (Fsp3) is 0.538. The van der Waals surface area contributed by atoms with E-state index in [0.29, 0.717) is 6.54 Å². The summed E-state index contributed by atoms with van der Waals surface area (Å²) >= 11 is 0. The van der Waals surface area contributed by atoms with E-state index in [-0.39, 0.29) is 0 Å². The highest BCUT2D eigenvalue weighted by molar-refractivity contribution is 5.36. The molecule has 0 aromatic heterocycles. The van der Waals surface area contributed by atoms with Gasteiger partial charge < -0.3 is 10.5 Å². The van der Waals surface area contributed by atoms with Crippen LogP contribution in [0.4, 0.5) is 0 Å². The predicted octanol–water partition coefficient (Wildman–Crippen LogP) is 1.78. The van der Waals surface area contributed by atoms with Crippen LogP contribution in [-0.4, -0.2) is 31.6 Å². The van der Waals surface area contributed by atoms with Gasteiger partial charge in [-0.05, 0) is 30.7 Å². The van der Waals surface area contributed by atoms with Crippen molar-refractivity contribution in [3.05, 3.63) is 29.3 Å². The average Bonchev–Trinajstić information content (AvgIpc) is 2.28. The molecule has 16 heavy (non-hydrogen) atoms. The minimum atomic E-state index is 0.711. The molecule has 0 fully saturated rings. The number of aryl methyl sites for hydroxylation is 1. The molecule has 3 nitrogen and oxygen atoms in total. The summed E-state index contributed by atoms with van der Waals surface area (Å²) in [7, 11) is 1.70. The summed E-state index contributed by atoms with van der Waals surface area (Å²) in [4.78, 5) is 2.33. The molecule has 3 heteroatoms. The SMILES string of the molecule is CCN(CCN)Cc1ccc(OC)c(C)c1. The molecule has 1 aromatic rings. The maximum absolute atomic E-state index is 5.57. The van der Waals surface area contributed by atoms with Crippen LogP contribution < -0.4 is 10.5 Å². The molecular formula is C13H22N2O. The van der Waals surface area contributed by atoms with Crippen LogP contribution in [0.2, 0.25) is 0 Å². The lowest BCUT2D eigenvalue weighted by Crippen LogP contribution is -2.28. The molecule has 0 aliphatic rings. The van der Waals surface area contributed by atoms with Crippen molar-refractivity contribution in [3.63, 3.8) is 0 Å². The van der Waals surface area contributed by atoms with E-state index in [0.717, 1.165) is 25.4 Å². The summed E-state index contributed by atoms with van der Waals surface area (Å²) in [5, 5.41) is 0. The van der Waals surface area contributed by atoms with Crippen LogP contribution in [0, 0.1) is 6.92 Å². The van der Waals surface area contributed by atoms with Gasteiger partial charge in [0.15, 0.2) is 0 Å². The van der Waals surface area contributed by atoms with E-state index in [1.54, 1.807) is 7.11 Å². The highest BCUT2D eigenvalue weighted by Crippen LogP contribution is 2.19. The third kappa shape index (κ3) is 3.51. The van der Waals surface area contributed by atoms with E-state index in [4.69, 9.17) is 10.5 Å². The molecule has 0 saturated carbocycles. The quantitative estimate of drug-likeness (QED) is 0.797. The summed E-state index contributed by atoms with van der Waals surface area (Å²) in [6.07, 6.45) is 0. The van der Waals surface area contributed by atoms with Crippen molar-refractivity contribution in [1.29, 1.82) is 0 Å². The molecule has 90 valence electrons. The van der Waals surface area contributed by atoms with Gasteiger partial charge in [-0.1, -0.05) is 19.1 Å². The molecule has 0 aliphatic carbocycles. The summed E-state index contributed by atoms with van der Waals surface area (Å²) in [5.74, 6) is 0.950. The van der Waals surface area contributed by atoms with Crippen LogP contribution in [0.5, 0.6) is 5.75 Å². The van der Waals surface area contributed by atoms with Gasteiger partial charge in [0.2, 0.25) is 0 Å².